The molecule has 112 valence electrons. The standard InChI is InChI=1S/C16H21N3O2/c1-10-5-6-19(9-11(10)2)15-13(8-17)7-14(12(3)18-15)16(20)21-4/h7,10-11H,5-6,9H2,1-4H3. The van der Waals surface area contributed by atoms with E-state index in [0.717, 1.165) is 19.5 Å². The third kappa shape index (κ3) is 2.99. The van der Waals surface area contributed by atoms with Gasteiger partial charge in [0.15, 0.2) is 0 Å². The Balaban J connectivity index is 2.39. The molecule has 1 aromatic rings. The van der Waals surface area contributed by atoms with Crippen LogP contribution in [0, 0.1) is 30.1 Å². The Hall–Kier alpha value is -2.09. The lowest BCUT2D eigenvalue weighted by Crippen LogP contribution is -2.39. The highest BCUT2D eigenvalue weighted by Gasteiger charge is 2.26. The number of piperidine rings is 1. The van der Waals surface area contributed by atoms with Crippen molar-refractivity contribution >= 4 is 11.8 Å². The van der Waals surface area contributed by atoms with E-state index >= 15 is 0 Å². The van der Waals surface area contributed by atoms with Crippen LogP contribution in [0.15, 0.2) is 6.07 Å². The number of nitriles is 1. The Labute approximate surface area is 125 Å². The van der Waals surface area contributed by atoms with Crippen molar-refractivity contribution in [1.82, 2.24) is 4.98 Å². The largest absolute Gasteiger partial charge is 0.465 e. The molecule has 1 aliphatic heterocycles. The van der Waals surface area contributed by atoms with E-state index in [9.17, 15) is 10.1 Å². The van der Waals surface area contributed by atoms with Gasteiger partial charge in [-0.05, 0) is 31.2 Å². The minimum Gasteiger partial charge on any atom is -0.465 e. The highest BCUT2D eigenvalue weighted by molar-refractivity contribution is 5.91. The van der Waals surface area contributed by atoms with Crippen LogP contribution in [0.25, 0.3) is 0 Å². The van der Waals surface area contributed by atoms with E-state index < -0.39 is 5.97 Å². The summed E-state index contributed by atoms with van der Waals surface area (Å²) >= 11 is 0. The van der Waals surface area contributed by atoms with Gasteiger partial charge in [-0.15, -0.1) is 0 Å². The summed E-state index contributed by atoms with van der Waals surface area (Å²) in [5.41, 5.74) is 1.39. The van der Waals surface area contributed by atoms with Crippen LogP contribution in [-0.2, 0) is 4.74 Å². The molecule has 0 bridgehead atoms. The molecule has 0 spiro atoms. The fourth-order valence-electron chi connectivity index (χ4n) is 2.69. The zero-order valence-corrected chi connectivity index (χ0v) is 13.0. The quantitative estimate of drug-likeness (QED) is 0.782. The number of aromatic nitrogens is 1. The fraction of sp³-hybridized carbons (Fsp3) is 0.562. The molecular formula is C16H21N3O2. The number of hydrogen-bond acceptors (Lipinski definition) is 5. The van der Waals surface area contributed by atoms with E-state index in [2.05, 4.69) is 29.8 Å². The molecule has 1 saturated heterocycles. The van der Waals surface area contributed by atoms with E-state index in [0.29, 0.717) is 34.5 Å². The lowest BCUT2D eigenvalue weighted by atomic mass is 9.88. The van der Waals surface area contributed by atoms with Crippen molar-refractivity contribution in [1.29, 1.82) is 5.26 Å². The van der Waals surface area contributed by atoms with Crippen molar-refractivity contribution in [3.8, 4) is 6.07 Å². The van der Waals surface area contributed by atoms with Gasteiger partial charge >= 0.3 is 5.97 Å². The number of rotatable bonds is 2. The number of nitrogens with zero attached hydrogens (tertiary/aromatic N) is 3. The maximum absolute atomic E-state index is 11.7. The van der Waals surface area contributed by atoms with Gasteiger partial charge in [0.05, 0.1) is 23.9 Å². The Morgan fingerprint density at radius 1 is 1.48 bits per heavy atom. The van der Waals surface area contributed by atoms with E-state index in [-0.39, 0.29) is 0 Å². The number of hydrogen-bond donors (Lipinski definition) is 0. The zero-order valence-electron chi connectivity index (χ0n) is 13.0. The van der Waals surface area contributed by atoms with Crippen LogP contribution in [-0.4, -0.2) is 31.2 Å². The van der Waals surface area contributed by atoms with E-state index in [1.165, 1.54) is 7.11 Å². The van der Waals surface area contributed by atoms with Crippen LogP contribution < -0.4 is 4.90 Å². The molecule has 1 aliphatic rings. The van der Waals surface area contributed by atoms with Gasteiger partial charge in [-0.3, -0.25) is 0 Å². The van der Waals surface area contributed by atoms with Gasteiger partial charge in [-0.25, -0.2) is 9.78 Å². The van der Waals surface area contributed by atoms with Crippen LogP contribution in [0.5, 0.6) is 0 Å². The molecule has 5 nitrogen and oxygen atoms in total. The molecule has 1 aromatic heterocycles. The van der Waals surface area contributed by atoms with Gasteiger partial charge in [0.1, 0.15) is 11.9 Å². The number of methoxy groups -OCH3 is 1. The Kier molecular flexibility index (Phi) is 4.46. The summed E-state index contributed by atoms with van der Waals surface area (Å²) in [6.45, 7) is 8.03. The number of carbonyl (C=O) groups excluding carboxylic acids is 1. The van der Waals surface area contributed by atoms with Crippen LogP contribution in [0.4, 0.5) is 5.82 Å². The van der Waals surface area contributed by atoms with Gasteiger partial charge in [-0.1, -0.05) is 13.8 Å². The third-order valence-corrected chi connectivity index (χ3v) is 4.35. The first-order valence-corrected chi connectivity index (χ1v) is 7.23. The number of pyridine rings is 1. The monoisotopic (exact) mass is 287 g/mol. The SMILES string of the molecule is COC(=O)c1cc(C#N)c(N2CCC(C)C(C)C2)nc1C. The molecule has 5 heteroatoms. The third-order valence-electron chi connectivity index (χ3n) is 4.35. The summed E-state index contributed by atoms with van der Waals surface area (Å²) in [5.74, 6) is 1.47. The summed E-state index contributed by atoms with van der Waals surface area (Å²) in [7, 11) is 1.33. The zero-order chi connectivity index (χ0) is 15.6. The minimum absolute atomic E-state index is 0.358. The second-order valence-corrected chi connectivity index (χ2v) is 5.79. The normalized spacial score (nSPS) is 21.8. The first-order chi connectivity index (χ1) is 9.97. The maximum Gasteiger partial charge on any atom is 0.339 e. The molecular weight excluding hydrogens is 266 g/mol. The molecule has 0 saturated carbocycles. The Morgan fingerprint density at radius 2 is 2.19 bits per heavy atom. The minimum atomic E-state index is -0.455. The lowest BCUT2D eigenvalue weighted by molar-refractivity contribution is 0.0599. The molecule has 1 fully saturated rings. The van der Waals surface area contributed by atoms with Crippen molar-refractivity contribution in [3.05, 3.63) is 22.9 Å². The molecule has 2 unspecified atom stereocenters. The highest BCUT2D eigenvalue weighted by Crippen LogP contribution is 2.29. The second kappa shape index (κ2) is 6.13. The molecule has 0 amide bonds. The van der Waals surface area contributed by atoms with Crippen LogP contribution in [0.1, 0.15) is 41.9 Å². The van der Waals surface area contributed by atoms with Crippen molar-refractivity contribution in [2.45, 2.75) is 27.2 Å². The molecule has 0 aliphatic carbocycles. The summed E-state index contributed by atoms with van der Waals surface area (Å²) in [6.07, 6.45) is 1.09. The van der Waals surface area contributed by atoms with Gasteiger partial charge in [0, 0.05) is 13.1 Å². The number of esters is 1. The van der Waals surface area contributed by atoms with E-state index in [1.807, 2.05) is 0 Å². The highest BCUT2D eigenvalue weighted by atomic mass is 16.5. The maximum atomic E-state index is 11.7. The average molecular weight is 287 g/mol. The first kappa shape index (κ1) is 15.3. The Morgan fingerprint density at radius 3 is 2.76 bits per heavy atom. The lowest BCUT2D eigenvalue weighted by Gasteiger charge is -2.36. The smallest absolute Gasteiger partial charge is 0.339 e. The first-order valence-electron chi connectivity index (χ1n) is 7.23. The van der Waals surface area contributed by atoms with Crippen LogP contribution in [0.2, 0.25) is 0 Å². The molecule has 0 aromatic carbocycles. The molecule has 21 heavy (non-hydrogen) atoms. The van der Waals surface area contributed by atoms with Gasteiger partial charge in [0.25, 0.3) is 0 Å². The van der Waals surface area contributed by atoms with E-state index in [1.54, 1.807) is 13.0 Å². The topological polar surface area (TPSA) is 66.2 Å². The predicted molar refractivity (Wildman–Crippen MR) is 80.2 cm³/mol. The summed E-state index contributed by atoms with van der Waals surface area (Å²) in [6, 6.07) is 3.74. The van der Waals surface area contributed by atoms with Gasteiger partial charge in [-0.2, -0.15) is 5.26 Å². The second-order valence-electron chi connectivity index (χ2n) is 5.79. The summed E-state index contributed by atoms with van der Waals surface area (Å²) in [5, 5.41) is 9.37. The summed E-state index contributed by atoms with van der Waals surface area (Å²) < 4.78 is 4.73. The number of carbonyl (C=O) groups is 1. The van der Waals surface area contributed by atoms with Crippen molar-refractivity contribution in [3.63, 3.8) is 0 Å². The summed E-state index contributed by atoms with van der Waals surface area (Å²) in [4.78, 5) is 18.3. The van der Waals surface area contributed by atoms with Crippen molar-refractivity contribution in [2.75, 3.05) is 25.1 Å². The fourth-order valence-corrected chi connectivity index (χ4v) is 2.69. The van der Waals surface area contributed by atoms with Crippen LogP contribution >= 0.6 is 0 Å². The number of anilines is 1. The molecule has 2 atom stereocenters. The van der Waals surface area contributed by atoms with Gasteiger partial charge in [0.2, 0.25) is 0 Å². The Bertz CT molecular complexity index is 592. The van der Waals surface area contributed by atoms with Gasteiger partial charge < -0.3 is 9.64 Å². The van der Waals surface area contributed by atoms with Crippen molar-refractivity contribution < 1.29 is 9.53 Å². The number of ether oxygens (including phenoxy) is 1. The number of aryl methyl sites for hydroxylation is 1. The van der Waals surface area contributed by atoms with Crippen LogP contribution in [0.3, 0.4) is 0 Å². The van der Waals surface area contributed by atoms with E-state index in [4.69, 9.17) is 4.74 Å². The molecule has 0 N–H and O–H groups in total. The molecule has 2 heterocycles. The predicted octanol–water partition coefficient (Wildman–Crippen LogP) is 2.53. The molecule has 2 rings (SSSR count). The average Bonchev–Trinajstić information content (AvgIpc) is 2.49. The molecule has 0 radical (unpaired) electrons. The van der Waals surface area contributed by atoms with Crippen molar-refractivity contribution in [2.24, 2.45) is 11.8 Å².